The maximum atomic E-state index is 11.5. The summed E-state index contributed by atoms with van der Waals surface area (Å²) in [7, 11) is 0. The Balaban J connectivity index is 1.30. The maximum Gasteiger partial charge on any atom is 0.143 e. The zero-order chi connectivity index (χ0) is 36.4. The second-order valence-corrected chi connectivity index (χ2v) is 16.8. The third-order valence-electron chi connectivity index (χ3n) is 9.86. The highest BCUT2D eigenvalue weighted by Crippen LogP contribution is 2.44. The number of fused-ring (bicyclic) bond motifs is 4. The van der Waals surface area contributed by atoms with Crippen LogP contribution in [-0.2, 0) is 10.8 Å². The predicted molar refractivity (Wildman–Crippen MR) is 221 cm³/mol. The maximum absolute atomic E-state index is 11.5. The van der Waals surface area contributed by atoms with E-state index in [0.29, 0.717) is 5.56 Å². The van der Waals surface area contributed by atoms with Crippen molar-refractivity contribution in [1.29, 1.82) is 0 Å². The Morgan fingerprint density at radius 3 is 2.17 bits per heavy atom. The Bertz CT molecular complexity index is 2660. The summed E-state index contributed by atoms with van der Waals surface area (Å²) < 4.78 is 7.62. The number of benzene rings is 6. The Hall–Kier alpha value is -5.52. The molecule has 0 saturated carbocycles. The number of rotatable bonds is 5. The molecule has 2 heterocycles. The highest BCUT2D eigenvalue weighted by Gasteiger charge is 2.25. The molecule has 1 N–H and O–H groups in total. The van der Waals surface area contributed by atoms with E-state index in [-0.39, 0.29) is 16.6 Å². The van der Waals surface area contributed by atoms with Crippen LogP contribution >= 0.6 is 11.3 Å². The van der Waals surface area contributed by atoms with Gasteiger partial charge in [0, 0.05) is 44.8 Å². The molecule has 0 aliphatic heterocycles. The van der Waals surface area contributed by atoms with E-state index in [9.17, 15) is 5.11 Å². The Kier molecular flexibility index (Phi) is 8.15. The molecule has 5 heteroatoms. The van der Waals surface area contributed by atoms with E-state index in [1.165, 1.54) is 5.56 Å². The summed E-state index contributed by atoms with van der Waals surface area (Å²) in [6.45, 7) is 15.1. The fourth-order valence-corrected chi connectivity index (χ4v) is 7.95. The van der Waals surface area contributed by atoms with Crippen LogP contribution in [0.2, 0.25) is 0 Å². The molecule has 52 heavy (non-hydrogen) atoms. The fraction of sp³-hybridized carbons (Fsp3) is 0.191. The molecular weight excluding hydrogens is 657 g/mol. The average Bonchev–Trinajstić information content (AvgIpc) is 3.72. The van der Waals surface area contributed by atoms with E-state index in [1.807, 2.05) is 30.3 Å². The smallest absolute Gasteiger partial charge is 0.143 e. The number of aryl methyl sites for hydroxylation is 1. The molecule has 4 nitrogen and oxygen atoms in total. The lowest BCUT2D eigenvalue weighted by Crippen LogP contribution is -2.17. The first-order valence-electron chi connectivity index (χ1n) is 17.8. The Morgan fingerprint density at radius 1 is 0.692 bits per heavy atom. The van der Waals surface area contributed by atoms with Crippen molar-refractivity contribution in [1.82, 2.24) is 4.98 Å². The predicted octanol–water partition coefficient (Wildman–Crippen LogP) is 13.6. The van der Waals surface area contributed by atoms with Gasteiger partial charge < -0.3 is 9.52 Å². The summed E-state index contributed by atoms with van der Waals surface area (Å²) in [5.74, 6) is 0.273. The largest absolute Gasteiger partial charge is 0.507 e. The number of thiazole rings is 1. The van der Waals surface area contributed by atoms with Gasteiger partial charge in [-0.1, -0.05) is 126 Å². The van der Waals surface area contributed by atoms with Crippen LogP contribution in [0.5, 0.6) is 5.75 Å². The first-order chi connectivity index (χ1) is 24.8. The molecule has 2 aromatic heterocycles. The molecule has 0 bridgehead atoms. The van der Waals surface area contributed by atoms with Gasteiger partial charge in [0.15, 0.2) is 0 Å². The number of hydrogen-bond acceptors (Lipinski definition) is 5. The average molecular weight is 699 g/mol. The Morgan fingerprint density at radius 2 is 1.40 bits per heavy atom. The molecular formula is C47H42N2O2S. The minimum absolute atomic E-state index is 0.0863. The third-order valence-corrected chi connectivity index (χ3v) is 10.9. The van der Waals surface area contributed by atoms with E-state index >= 15 is 0 Å². The summed E-state index contributed by atoms with van der Waals surface area (Å²) in [4.78, 5) is 10.4. The van der Waals surface area contributed by atoms with Gasteiger partial charge in [-0.05, 0) is 70.8 Å². The van der Waals surface area contributed by atoms with Gasteiger partial charge in [0.05, 0.1) is 15.9 Å². The van der Waals surface area contributed by atoms with Gasteiger partial charge in [-0.3, -0.25) is 4.99 Å². The first-order valence-corrected chi connectivity index (χ1v) is 18.6. The van der Waals surface area contributed by atoms with Gasteiger partial charge in [0.25, 0.3) is 0 Å². The first kappa shape index (κ1) is 33.6. The van der Waals surface area contributed by atoms with E-state index in [4.69, 9.17) is 14.4 Å². The highest BCUT2D eigenvalue weighted by atomic mass is 32.1. The molecule has 0 fully saturated rings. The number of hydrogen-bond donors (Lipinski definition) is 1. The lowest BCUT2D eigenvalue weighted by molar-refractivity contribution is 0.444. The van der Waals surface area contributed by atoms with Gasteiger partial charge in [-0.2, -0.15) is 0 Å². The van der Waals surface area contributed by atoms with Crippen LogP contribution in [-0.4, -0.2) is 16.3 Å². The van der Waals surface area contributed by atoms with Crippen molar-refractivity contribution in [2.75, 3.05) is 0 Å². The normalized spacial score (nSPS) is 12.5. The molecule has 258 valence electrons. The molecule has 8 rings (SSSR count). The van der Waals surface area contributed by atoms with E-state index in [0.717, 1.165) is 81.8 Å². The minimum Gasteiger partial charge on any atom is -0.507 e. The van der Waals surface area contributed by atoms with E-state index in [2.05, 4.69) is 133 Å². The van der Waals surface area contributed by atoms with Crippen LogP contribution in [0.25, 0.3) is 65.0 Å². The number of nitrogens with zero attached hydrogens (tertiary/aromatic N) is 2. The zero-order valence-corrected chi connectivity index (χ0v) is 31.5. The second kappa shape index (κ2) is 12.6. The SMILES string of the molecule is Cc1ccc(-c2cc(-c3cccc4c3oc3ccccc34)c3nc(-c4ccccc4N=Cc4cc(C(C)(C)C)cc(C(C)(C)C)c4O)sc3c2)cc1. The number of phenols is 1. The summed E-state index contributed by atoms with van der Waals surface area (Å²) in [5.41, 5.74) is 12.4. The number of aliphatic imine (C=N–C) groups is 1. The van der Waals surface area contributed by atoms with E-state index < -0.39 is 0 Å². The molecule has 0 atom stereocenters. The Labute approximate surface area is 309 Å². The van der Waals surface area contributed by atoms with Gasteiger partial charge >= 0.3 is 0 Å². The molecule has 8 aromatic rings. The van der Waals surface area contributed by atoms with Crippen molar-refractivity contribution >= 4 is 55.4 Å². The number of aromatic hydroxyl groups is 1. The van der Waals surface area contributed by atoms with Crippen LogP contribution in [0.15, 0.2) is 125 Å². The van der Waals surface area contributed by atoms with Crippen molar-refractivity contribution < 1.29 is 9.52 Å². The fourth-order valence-electron chi connectivity index (χ4n) is 6.89. The van der Waals surface area contributed by atoms with Crippen molar-refractivity contribution in [2.24, 2.45) is 4.99 Å². The number of furan rings is 1. The van der Waals surface area contributed by atoms with Crippen LogP contribution in [0.1, 0.15) is 63.8 Å². The quantitative estimate of drug-likeness (QED) is 0.182. The van der Waals surface area contributed by atoms with Crippen molar-refractivity contribution in [3.8, 4) is 38.6 Å². The lowest BCUT2D eigenvalue weighted by atomic mass is 9.79. The standard InChI is InChI=1S/C47H42N2O2S/c1-28-19-21-29(22-20-28)30-24-37(35-16-12-15-34-33-13-9-11-18-40(33)51-44(34)35)42-41(25-30)52-45(49-42)36-14-8-10-17-39(36)48-27-31-23-32(46(2,3)4)26-38(43(31)50)47(5,6)7/h8-27,50H,1-7H3. The number of phenolic OH excluding ortho intramolecular Hbond substituents is 1. The minimum atomic E-state index is -0.228. The van der Waals surface area contributed by atoms with Crippen molar-refractivity contribution in [3.63, 3.8) is 0 Å². The molecule has 0 radical (unpaired) electrons. The van der Waals surface area contributed by atoms with Crippen LogP contribution < -0.4 is 0 Å². The summed E-state index contributed by atoms with van der Waals surface area (Å²) in [6, 6.07) is 40.1. The van der Waals surface area contributed by atoms with Gasteiger partial charge in [-0.15, -0.1) is 11.3 Å². The monoisotopic (exact) mass is 698 g/mol. The summed E-state index contributed by atoms with van der Waals surface area (Å²) in [6.07, 6.45) is 1.80. The molecule has 0 aliphatic rings. The molecule has 0 amide bonds. The van der Waals surface area contributed by atoms with Gasteiger partial charge in [-0.25, -0.2) is 4.98 Å². The third kappa shape index (κ3) is 6.09. The molecule has 0 saturated heterocycles. The molecule has 6 aromatic carbocycles. The zero-order valence-electron chi connectivity index (χ0n) is 30.7. The number of para-hydroxylation sites is 3. The van der Waals surface area contributed by atoms with Crippen LogP contribution in [0.3, 0.4) is 0 Å². The topological polar surface area (TPSA) is 58.6 Å². The van der Waals surface area contributed by atoms with Crippen LogP contribution in [0, 0.1) is 6.92 Å². The number of aromatic nitrogens is 1. The molecule has 0 aliphatic carbocycles. The second-order valence-electron chi connectivity index (χ2n) is 15.8. The van der Waals surface area contributed by atoms with Gasteiger partial charge in [0.1, 0.15) is 21.9 Å². The summed E-state index contributed by atoms with van der Waals surface area (Å²) in [5, 5.41) is 14.5. The van der Waals surface area contributed by atoms with E-state index in [1.54, 1.807) is 17.6 Å². The molecule has 0 spiro atoms. The van der Waals surface area contributed by atoms with Gasteiger partial charge in [0.2, 0.25) is 0 Å². The lowest BCUT2D eigenvalue weighted by Gasteiger charge is -2.27. The summed E-state index contributed by atoms with van der Waals surface area (Å²) >= 11 is 1.67. The van der Waals surface area contributed by atoms with Crippen molar-refractivity contribution in [2.45, 2.75) is 59.3 Å². The van der Waals surface area contributed by atoms with Crippen molar-refractivity contribution in [3.05, 3.63) is 138 Å². The highest BCUT2D eigenvalue weighted by molar-refractivity contribution is 7.21. The molecule has 0 unspecified atom stereocenters. The van der Waals surface area contributed by atoms with Crippen LogP contribution in [0.4, 0.5) is 5.69 Å².